The number of hydrogen-bond donors (Lipinski definition) is 0. The lowest BCUT2D eigenvalue weighted by atomic mass is 10.2. The lowest BCUT2D eigenvalue weighted by Gasteiger charge is -2.21. The Morgan fingerprint density at radius 1 is 1.38 bits per heavy atom. The summed E-state index contributed by atoms with van der Waals surface area (Å²) in [5.41, 5.74) is 0. The maximum Gasteiger partial charge on any atom is 0.150 e. The van der Waals surface area contributed by atoms with Gasteiger partial charge in [0.15, 0.2) is 9.84 Å². The Morgan fingerprint density at radius 3 is 2.54 bits per heavy atom. The normalized spacial score (nSPS) is 22.4. The van der Waals surface area contributed by atoms with Gasteiger partial charge in [0, 0.05) is 0 Å². The van der Waals surface area contributed by atoms with Crippen molar-refractivity contribution >= 4 is 9.84 Å². The van der Waals surface area contributed by atoms with Crippen LogP contribution in [0.2, 0.25) is 0 Å². The second kappa shape index (κ2) is 4.58. The molecule has 1 saturated heterocycles. The van der Waals surface area contributed by atoms with Crippen LogP contribution >= 0.6 is 0 Å². The van der Waals surface area contributed by atoms with Crippen molar-refractivity contribution in [2.75, 3.05) is 18.1 Å². The van der Waals surface area contributed by atoms with Gasteiger partial charge in [-0.15, -0.1) is 0 Å². The predicted molar refractivity (Wildman–Crippen MR) is 47.9 cm³/mol. The fourth-order valence-electron chi connectivity index (χ4n) is 1.31. The molecule has 0 saturated carbocycles. The van der Waals surface area contributed by atoms with Gasteiger partial charge in [0.25, 0.3) is 0 Å². The summed E-state index contributed by atoms with van der Waals surface area (Å²) in [6, 6.07) is 1.98. The topological polar surface area (TPSA) is 67.2 Å². The summed E-state index contributed by atoms with van der Waals surface area (Å²) in [6.45, 7) is 0.418. The molecule has 74 valence electrons. The molecule has 4 nitrogen and oxygen atoms in total. The Bertz CT molecular complexity index is 277. The van der Waals surface area contributed by atoms with Crippen LogP contribution in [0.1, 0.15) is 19.3 Å². The van der Waals surface area contributed by atoms with E-state index in [9.17, 15) is 8.42 Å². The Morgan fingerprint density at radius 2 is 2.00 bits per heavy atom. The maximum absolute atomic E-state index is 11.0. The summed E-state index contributed by atoms with van der Waals surface area (Å²) in [6.07, 6.45) is 1.57. The van der Waals surface area contributed by atoms with Crippen LogP contribution in [0.25, 0.3) is 0 Å². The van der Waals surface area contributed by atoms with Crippen LogP contribution in [-0.2, 0) is 14.6 Å². The predicted octanol–water partition coefficient (Wildman–Crippen LogP) is 0.494. The lowest BCUT2D eigenvalue weighted by molar-refractivity contribution is 0.0507. The van der Waals surface area contributed by atoms with E-state index < -0.39 is 9.84 Å². The molecule has 0 N–H and O–H groups in total. The van der Waals surface area contributed by atoms with Crippen molar-refractivity contribution in [3.05, 3.63) is 0 Å². The molecule has 0 bridgehead atoms. The second-order valence-electron chi connectivity index (χ2n) is 3.13. The maximum atomic E-state index is 11.0. The molecular weight excluding hydrogens is 190 g/mol. The van der Waals surface area contributed by atoms with Gasteiger partial charge in [0.1, 0.15) is 0 Å². The molecule has 13 heavy (non-hydrogen) atoms. The van der Waals surface area contributed by atoms with Gasteiger partial charge in [0.2, 0.25) is 0 Å². The lowest BCUT2D eigenvalue weighted by Crippen LogP contribution is -2.28. The highest BCUT2D eigenvalue weighted by atomic mass is 32.2. The van der Waals surface area contributed by atoms with Gasteiger partial charge in [-0.2, -0.15) is 5.26 Å². The van der Waals surface area contributed by atoms with Crippen molar-refractivity contribution in [1.29, 1.82) is 5.26 Å². The molecule has 1 heterocycles. The highest BCUT2D eigenvalue weighted by Gasteiger charge is 2.23. The molecule has 0 aromatic rings. The van der Waals surface area contributed by atoms with Crippen LogP contribution in [0.5, 0.6) is 0 Å². The smallest absolute Gasteiger partial charge is 0.150 e. The van der Waals surface area contributed by atoms with Crippen molar-refractivity contribution in [3.63, 3.8) is 0 Å². The van der Waals surface area contributed by atoms with E-state index >= 15 is 0 Å². The van der Waals surface area contributed by atoms with Gasteiger partial charge in [-0.1, -0.05) is 0 Å². The third-order valence-electron chi connectivity index (χ3n) is 2.07. The van der Waals surface area contributed by atoms with Gasteiger partial charge >= 0.3 is 0 Å². The molecule has 0 aromatic heterocycles. The largest absolute Gasteiger partial charge is 0.377 e. The fraction of sp³-hybridized carbons (Fsp3) is 0.875. The van der Waals surface area contributed by atoms with E-state index in [1.807, 2.05) is 6.07 Å². The average molecular weight is 203 g/mol. The number of rotatable bonds is 3. The van der Waals surface area contributed by atoms with Crippen LogP contribution in [0, 0.1) is 11.3 Å². The van der Waals surface area contributed by atoms with Crippen LogP contribution < -0.4 is 0 Å². The molecule has 1 aliphatic rings. The average Bonchev–Trinajstić information content (AvgIpc) is 2.08. The molecule has 0 unspecified atom stereocenters. The molecule has 1 rings (SSSR count). The summed E-state index contributed by atoms with van der Waals surface area (Å²) in [5.74, 6) is 0.453. The minimum Gasteiger partial charge on any atom is -0.377 e. The van der Waals surface area contributed by atoms with Crippen molar-refractivity contribution in [3.8, 4) is 6.07 Å². The highest BCUT2D eigenvalue weighted by molar-refractivity contribution is 7.91. The molecule has 0 radical (unpaired) electrons. The second-order valence-corrected chi connectivity index (χ2v) is 5.43. The van der Waals surface area contributed by atoms with E-state index in [4.69, 9.17) is 10.00 Å². The first-order valence-corrected chi connectivity index (χ1v) is 6.15. The number of ether oxygens (including phenoxy) is 1. The van der Waals surface area contributed by atoms with Gasteiger partial charge in [-0.3, -0.25) is 0 Å². The van der Waals surface area contributed by atoms with E-state index in [1.54, 1.807) is 0 Å². The van der Waals surface area contributed by atoms with Crippen LogP contribution in [-0.4, -0.2) is 32.6 Å². The highest BCUT2D eigenvalue weighted by Crippen LogP contribution is 2.15. The van der Waals surface area contributed by atoms with Crippen molar-refractivity contribution in [2.45, 2.75) is 25.4 Å². The molecule has 1 fully saturated rings. The number of hydrogen-bond acceptors (Lipinski definition) is 4. The first kappa shape index (κ1) is 10.5. The molecule has 0 atom stereocenters. The molecule has 0 spiro atoms. The van der Waals surface area contributed by atoms with E-state index in [0.29, 0.717) is 25.9 Å². The standard InChI is InChI=1S/C8H13NO3S/c9-4-1-5-12-8-2-6-13(10,11)7-3-8/h8H,1-3,5-7H2. The van der Waals surface area contributed by atoms with Gasteiger partial charge in [0.05, 0.1) is 36.7 Å². The Labute approximate surface area is 78.4 Å². The Hall–Kier alpha value is -0.600. The molecule has 5 heteroatoms. The van der Waals surface area contributed by atoms with Gasteiger partial charge in [-0.05, 0) is 12.8 Å². The van der Waals surface area contributed by atoms with Crippen molar-refractivity contribution in [2.24, 2.45) is 0 Å². The quantitative estimate of drug-likeness (QED) is 0.626. The third-order valence-corrected chi connectivity index (χ3v) is 3.78. The van der Waals surface area contributed by atoms with E-state index in [-0.39, 0.29) is 17.6 Å². The summed E-state index contributed by atoms with van der Waals surface area (Å²) in [7, 11) is -2.79. The summed E-state index contributed by atoms with van der Waals surface area (Å²) in [4.78, 5) is 0. The van der Waals surface area contributed by atoms with Gasteiger partial charge < -0.3 is 4.74 Å². The zero-order valence-corrected chi connectivity index (χ0v) is 8.22. The first-order valence-electron chi connectivity index (χ1n) is 4.33. The zero-order valence-electron chi connectivity index (χ0n) is 7.40. The van der Waals surface area contributed by atoms with Crippen molar-refractivity contribution in [1.82, 2.24) is 0 Å². The van der Waals surface area contributed by atoms with Crippen LogP contribution in [0.3, 0.4) is 0 Å². The monoisotopic (exact) mass is 203 g/mol. The summed E-state index contributed by atoms with van der Waals surface area (Å²) in [5, 5.41) is 8.25. The van der Waals surface area contributed by atoms with Crippen molar-refractivity contribution < 1.29 is 13.2 Å². The molecule has 0 aliphatic carbocycles. The number of nitriles is 1. The molecule has 1 aliphatic heterocycles. The third kappa shape index (κ3) is 3.75. The van der Waals surface area contributed by atoms with E-state index in [2.05, 4.69) is 0 Å². The van der Waals surface area contributed by atoms with E-state index in [0.717, 1.165) is 0 Å². The number of nitrogens with zero attached hydrogens (tertiary/aromatic N) is 1. The van der Waals surface area contributed by atoms with Crippen LogP contribution in [0.15, 0.2) is 0 Å². The Kier molecular flexibility index (Phi) is 3.70. The molecule has 0 aromatic carbocycles. The minimum absolute atomic E-state index is 0.0388. The fourth-order valence-corrected chi connectivity index (χ4v) is 2.75. The SMILES string of the molecule is N#CCCOC1CCS(=O)(=O)CC1. The van der Waals surface area contributed by atoms with Gasteiger partial charge in [-0.25, -0.2) is 8.42 Å². The van der Waals surface area contributed by atoms with E-state index in [1.165, 1.54) is 0 Å². The summed E-state index contributed by atoms with van der Waals surface area (Å²) < 4.78 is 27.4. The van der Waals surface area contributed by atoms with Crippen LogP contribution in [0.4, 0.5) is 0 Å². The summed E-state index contributed by atoms with van der Waals surface area (Å²) >= 11 is 0. The molecular formula is C8H13NO3S. The minimum atomic E-state index is -2.79. The molecule has 0 amide bonds. The zero-order chi connectivity index (χ0) is 9.73. The first-order chi connectivity index (χ1) is 6.14. The Balaban J connectivity index is 2.22. The number of sulfone groups is 1.